The number of anilines is 1. The zero-order valence-electron chi connectivity index (χ0n) is 28.1. The van der Waals surface area contributed by atoms with Gasteiger partial charge in [-0.3, -0.25) is 18.8 Å². The molecule has 2 amide bonds. The summed E-state index contributed by atoms with van der Waals surface area (Å²) in [6, 6.07) is 12.7. The van der Waals surface area contributed by atoms with Gasteiger partial charge in [0.2, 0.25) is 23.0 Å². The van der Waals surface area contributed by atoms with Gasteiger partial charge in [0, 0.05) is 44.6 Å². The lowest BCUT2D eigenvalue weighted by Crippen LogP contribution is -2.26. The number of aromatic nitrogens is 3. The van der Waals surface area contributed by atoms with Gasteiger partial charge in [-0.2, -0.15) is 0 Å². The number of benzene rings is 1. The van der Waals surface area contributed by atoms with Crippen LogP contribution in [0.2, 0.25) is 0 Å². The Hall–Kier alpha value is -5.13. The fraction of sp³-hybridized carbons (Fsp3) is 0.417. The van der Waals surface area contributed by atoms with Crippen molar-refractivity contribution in [2.75, 3.05) is 39.7 Å². The average Bonchev–Trinajstić information content (AvgIpc) is 3.35. The van der Waals surface area contributed by atoms with Crippen molar-refractivity contribution in [3.05, 3.63) is 75.8 Å². The number of hydrogen-bond donors (Lipinski definition) is 3. The maximum atomic E-state index is 13.5. The highest BCUT2D eigenvalue weighted by Gasteiger charge is 2.29. The molecule has 12 nitrogen and oxygen atoms in total. The Labute approximate surface area is 280 Å². The Morgan fingerprint density at radius 1 is 0.938 bits per heavy atom. The number of hydrogen-bond acceptors (Lipinski definition) is 9. The number of ether oxygens (including phenoxy) is 3. The van der Waals surface area contributed by atoms with E-state index in [2.05, 4.69) is 26.1 Å². The zero-order chi connectivity index (χ0) is 34.0. The highest BCUT2D eigenvalue weighted by Crippen LogP contribution is 2.50. The van der Waals surface area contributed by atoms with E-state index < -0.39 is 0 Å². The smallest absolute Gasteiger partial charge is 0.219 e. The molecule has 4 aromatic rings. The van der Waals surface area contributed by atoms with Crippen LogP contribution < -0.4 is 35.6 Å². The van der Waals surface area contributed by atoms with Gasteiger partial charge in [-0.1, -0.05) is 18.6 Å². The van der Waals surface area contributed by atoms with Crippen LogP contribution >= 0.6 is 0 Å². The van der Waals surface area contributed by atoms with Crippen LogP contribution in [0.5, 0.6) is 17.2 Å². The van der Waals surface area contributed by atoms with Crippen LogP contribution in [0.3, 0.4) is 0 Å². The fourth-order valence-electron chi connectivity index (χ4n) is 6.29. The van der Waals surface area contributed by atoms with Crippen LogP contribution in [0.1, 0.15) is 68.4 Å². The van der Waals surface area contributed by atoms with Gasteiger partial charge in [-0.15, -0.1) is 10.2 Å². The minimum absolute atomic E-state index is 0.0335. The topological polar surface area (TPSA) is 145 Å². The Kier molecular flexibility index (Phi) is 11.5. The van der Waals surface area contributed by atoms with Crippen molar-refractivity contribution >= 4 is 23.1 Å². The number of nitrogens with zero attached hydrogens (tertiary/aromatic N) is 3. The molecule has 2 aromatic heterocycles. The molecule has 0 bridgehead atoms. The molecule has 0 spiro atoms. The molecule has 1 atom stereocenters. The minimum Gasteiger partial charge on any atom is -0.493 e. The Balaban J connectivity index is 1.18. The third kappa shape index (κ3) is 7.87. The molecular formula is C36H44N6O6. The minimum atomic E-state index is -0.367. The molecule has 3 N–H and O–H groups in total. The van der Waals surface area contributed by atoms with Crippen molar-refractivity contribution in [1.29, 1.82) is 0 Å². The fourth-order valence-corrected chi connectivity index (χ4v) is 6.29. The van der Waals surface area contributed by atoms with Crippen LogP contribution in [0.4, 0.5) is 5.69 Å². The normalized spacial score (nSPS) is 13.5. The predicted octanol–water partition coefficient (Wildman–Crippen LogP) is 4.63. The molecule has 5 rings (SSSR count). The van der Waals surface area contributed by atoms with Crippen molar-refractivity contribution < 1.29 is 23.8 Å². The van der Waals surface area contributed by atoms with E-state index in [-0.39, 0.29) is 23.3 Å². The number of methoxy groups -OCH3 is 3. The van der Waals surface area contributed by atoms with Gasteiger partial charge in [0.1, 0.15) is 5.82 Å². The van der Waals surface area contributed by atoms with Crippen molar-refractivity contribution in [2.45, 2.75) is 64.3 Å². The lowest BCUT2D eigenvalue weighted by molar-refractivity contribution is -0.121. The Bertz CT molecular complexity index is 1820. The van der Waals surface area contributed by atoms with Crippen molar-refractivity contribution in [2.24, 2.45) is 0 Å². The largest absolute Gasteiger partial charge is 0.493 e. The number of rotatable bonds is 15. The molecule has 12 heteroatoms. The molecular weight excluding hydrogens is 612 g/mol. The zero-order valence-corrected chi connectivity index (χ0v) is 28.1. The van der Waals surface area contributed by atoms with Crippen LogP contribution in [0.25, 0.3) is 16.8 Å². The van der Waals surface area contributed by atoms with E-state index in [1.54, 1.807) is 33.5 Å². The van der Waals surface area contributed by atoms with Gasteiger partial charge in [-0.25, -0.2) is 0 Å². The summed E-state index contributed by atoms with van der Waals surface area (Å²) in [6.45, 7) is 2.64. The molecule has 0 saturated heterocycles. The molecule has 0 unspecified atom stereocenters. The first-order valence-corrected chi connectivity index (χ1v) is 16.4. The Morgan fingerprint density at radius 3 is 2.54 bits per heavy atom. The van der Waals surface area contributed by atoms with E-state index in [9.17, 15) is 14.4 Å². The van der Waals surface area contributed by atoms with Gasteiger partial charge in [0.15, 0.2) is 17.1 Å². The van der Waals surface area contributed by atoms with Crippen LogP contribution in [-0.4, -0.2) is 60.8 Å². The number of carbonyl (C=O) groups is 2. The van der Waals surface area contributed by atoms with Gasteiger partial charge >= 0.3 is 0 Å². The summed E-state index contributed by atoms with van der Waals surface area (Å²) in [7, 11) is 4.72. The van der Waals surface area contributed by atoms with E-state index in [0.717, 1.165) is 60.3 Å². The second-order valence-corrected chi connectivity index (χ2v) is 11.8. The standard InChI is InChI=1S/C36H44N6O6/c1-23(43)39-27-16-14-24-21-30(46-2)35(47-3)36(48-4)34(24)25-15-17-28(29(44)22-26(25)27)37-18-8-5-6-13-33(45)38-19-10-12-32-41-40-31-11-7-9-20-42(31)32/h7,9,11,15,17,20-22,27H,5-6,8,10,12-14,16,18-19H2,1-4H3,(H,37,44)(H,38,45)(H,39,43)/t27-/m1/s1. The highest BCUT2D eigenvalue weighted by molar-refractivity contribution is 5.83. The van der Waals surface area contributed by atoms with Crippen LogP contribution in [0.15, 0.2) is 53.5 Å². The van der Waals surface area contributed by atoms with E-state index in [0.29, 0.717) is 60.9 Å². The first-order valence-electron chi connectivity index (χ1n) is 16.4. The summed E-state index contributed by atoms with van der Waals surface area (Å²) >= 11 is 0. The average molecular weight is 657 g/mol. The van der Waals surface area contributed by atoms with Gasteiger partial charge in [0.25, 0.3) is 0 Å². The highest BCUT2D eigenvalue weighted by atomic mass is 16.5. The summed E-state index contributed by atoms with van der Waals surface area (Å²) < 4.78 is 19.1. The first-order chi connectivity index (χ1) is 23.3. The molecule has 2 heterocycles. The first kappa shape index (κ1) is 34.2. The number of fused-ring (bicyclic) bond motifs is 4. The van der Waals surface area contributed by atoms with E-state index in [1.807, 2.05) is 40.9 Å². The molecule has 0 radical (unpaired) electrons. The molecule has 2 aromatic carbocycles. The second kappa shape index (κ2) is 16.1. The number of amides is 2. The van der Waals surface area contributed by atoms with Crippen LogP contribution in [0, 0.1) is 0 Å². The number of aryl methyl sites for hydroxylation is 2. The molecule has 1 aliphatic rings. The summed E-state index contributed by atoms with van der Waals surface area (Å²) in [5, 5.41) is 17.7. The van der Waals surface area contributed by atoms with Crippen LogP contribution in [-0.2, 0) is 22.4 Å². The summed E-state index contributed by atoms with van der Waals surface area (Å²) in [5.74, 6) is 2.27. The van der Waals surface area contributed by atoms with Crippen molar-refractivity contribution in [1.82, 2.24) is 25.2 Å². The number of pyridine rings is 1. The van der Waals surface area contributed by atoms with E-state index in [4.69, 9.17) is 14.2 Å². The molecule has 1 aliphatic carbocycles. The quantitative estimate of drug-likeness (QED) is 0.156. The molecule has 0 fully saturated rings. The van der Waals surface area contributed by atoms with Crippen molar-refractivity contribution in [3.63, 3.8) is 0 Å². The third-order valence-electron chi connectivity index (χ3n) is 8.60. The maximum Gasteiger partial charge on any atom is 0.219 e. The molecule has 0 aliphatic heterocycles. The van der Waals surface area contributed by atoms with Crippen molar-refractivity contribution in [3.8, 4) is 28.4 Å². The predicted molar refractivity (Wildman–Crippen MR) is 184 cm³/mol. The number of unbranched alkanes of at least 4 members (excludes halogenated alkanes) is 2. The summed E-state index contributed by atoms with van der Waals surface area (Å²) in [6.07, 6.45) is 7.53. The van der Waals surface area contributed by atoms with Gasteiger partial charge in [0.05, 0.1) is 33.1 Å². The number of nitrogens with one attached hydrogen (secondary N) is 3. The second-order valence-electron chi connectivity index (χ2n) is 11.8. The lowest BCUT2D eigenvalue weighted by atomic mass is 9.95. The maximum absolute atomic E-state index is 13.5. The third-order valence-corrected chi connectivity index (χ3v) is 8.60. The Morgan fingerprint density at radius 2 is 1.77 bits per heavy atom. The number of carbonyl (C=O) groups excluding carboxylic acids is 2. The monoisotopic (exact) mass is 656 g/mol. The van der Waals surface area contributed by atoms with E-state index in [1.165, 1.54) is 6.92 Å². The van der Waals surface area contributed by atoms with E-state index >= 15 is 0 Å². The summed E-state index contributed by atoms with van der Waals surface area (Å²) in [4.78, 5) is 38.0. The molecule has 48 heavy (non-hydrogen) atoms. The lowest BCUT2D eigenvalue weighted by Gasteiger charge is -2.19. The SMILES string of the molecule is COc1cc2c(c(OC)c1OC)-c1ccc(NCCCCCC(=O)NCCCc3nnc4ccccn34)c(=O)cc1[C@H](NC(C)=O)CC2. The van der Waals surface area contributed by atoms with Gasteiger partial charge < -0.3 is 30.2 Å². The van der Waals surface area contributed by atoms with Gasteiger partial charge in [-0.05, 0) is 79.1 Å². The molecule has 254 valence electrons. The molecule has 0 saturated carbocycles. The summed E-state index contributed by atoms with van der Waals surface area (Å²) in [5.41, 5.74) is 4.39.